The van der Waals surface area contributed by atoms with Gasteiger partial charge in [-0.25, -0.2) is 0 Å². The highest BCUT2D eigenvalue weighted by Crippen LogP contribution is 2.28. The van der Waals surface area contributed by atoms with Crippen LogP contribution >= 0.6 is 11.3 Å². The zero-order valence-corrected chi connectivity index (χ0v) is 20.2. The van der Waals surface area contributed by atoms with Gasteiger partial charge < -0.3 is 14.7 Å². The van der Waals surface area contributed by atoms with Gasteiger partial charge in [0.05, 0.1) is 4.88 Å². The number of thiophene rings is 1. The molecule has 0 bridgehead atoms. The van der Waals surface area contributed by atoms with Gasteiger partial charge in [0.2, 0.25) is 5.91 Å². The summed E-state index contributed by atoms with van der Waals surface area (Å²) in [6.45, 7) is 8.54. The topological polar surface area (TPSA) is 52.6 Å². The summed E-state index contributed by atoms with van der Waals surface area (Å²) in [7, 11) is 0. The molecular formula is C26H31N5OS. The molecule has 0 saturated carbocycles. The molecule has 0 N–H and O–H groups in total. The van der Waals surface area contributed by atoms with E-state index in [-0.39, 0.29) is 5.92 Å². The molecule has 1 amide bonds. The van der Waals surface area contributed by atoms with Crippen molar-refractivity contribution < 1.29 is 4.79 Å². The quantitative estimate of drug-likeness (QED) is 0.574. The Morgan fingerprint density at radius 3 is 2.52 bits per heavy atom. The van der Waals surface area contributed by atoms with E-state index in [1.165, 1.54) is 11.3 Å². The molecule has 6 nitrogen and oxygen atoms in total. The zero-order chi connectivity index (χ0) is 22.8. The number of carbonyl (C=O) groups is 1. The van der Waals surface area contributed by atoms with E-state index in [0.29, 0.717) is 11.9 Å². The van der Waals surface area contributed by atoms with Crippen molar-refractivity contribution in [3.63, 3.8) is 0 Å². The molecule has 4 heterocycles. The van der Waals surface area contributed by atoms with E-state index < -0.39 is 0 Å². The number of rotatable bonds is 4. The Morgan fingerprint density at radius 2 is 1.85 bits per heavy atom. The van der Waals surface area contributed by atoms with Crippen LogP contribution in [0.5, 0.6) is 0 Å². The summed E-state index contributed by atoms with van der Waals surface area (Å²) in [5.41, 5.74) is 3.45. The molecule has 2 aromatic heterocycles. The Hall–Kier alpha value is -2.93. The van der Waals surface area contributed by atoms with Crippen LogP contribution in [-0.4, -0.2) is 59.8 Å². The summed E-state index contributed by atoms with van der Waals surface area (Å²) < 4.78 is 0. The van der Waals surface area contributed by atoms with Crippen LogP contribution in [-0.2, 0) is 4.79 Å². The Kier molecular flexibility index (Phi) is 6.31. The van der Waals surface area contributed by atoms with Crippen molar-refractivity contribution in [1.82, 2.24) is 15.1 Å². The Bertz CT molecular complexity index is 1080. The first-order valence-electron chi connectivity index (χ1n) is 11.8. The summed E-state index contributed by atoms with van der Waals surface area (Å²) in [6.07, 6.45) is 1.75. The lowest BCUT2D eigenvalue weighted by Crippen LogP contribution is -2.55. The van der Waals surface area contributed by atoms with Crippen LogP contribution in [0.2, 0.25) is 0 Å². The molecule has 0 spiro atoms. The number of amides is 1. The van der Waals surface area contributed by atoms with Gasteiger partial charge in [-0.05, 0) is 68.0 Å². The fourth-order valence-electron chi connectivity index (χ4n) is 5.01. The Balaban J connectivity index is 1.15. The predicted molar refractivity (Wildman–Crippen MR) is 135 cm³/mol. The molecule has 33 heavy (non-hydrogen) atoms. The molecule has 172 valence electrons. The van der Waals surface area contributed by atoms with E-state index in [1.54, 1.807) is 11.3 Å². The molecule has 3 aromatic rings. The van der Waals surface area contributed by atoms with E-state index in [4.69, 9.17) is 0 Å². The van der Waals surface area contributed by atoms with Gasteiger partial charge in [-0.15, -0.1) is 21.5 Å². The van der Waals surface area contributed by atoms with Gasteiger partial charge in [0, 0.05) is 50.4 Å². The smallest absolute Gasteiger partial charge is 0.225 e. The van der Waals surface area contributed by atoms with Crippen molar-refractivity contribution in [2.45, 2.75) is 32.7 Å². The minimum Gasteiger partial charge on any atom is -0.365 e. The predicted octanol–water partition coefficient (Wildman–Crippen LogP) is 4.47. The fourth-order valence-corrected chi connectivity index (χ4v) is 5.70. The van der Waals surface area contributed by atoms with Gasteiger partial charge in [0.15, 0.2) is 5.82 Å². The maximum Gasteiger partial charge on any atom is 0.225 e. The van der Waals surface area contributed by atoms with Crippen LogP contribution in [0.1, 0.15) is 25.3 Å². The molecule has 2 saturated heterocycles. The van der Waals surface area contributed by atoms with E-state index >= 15 is 0 Å². The second kappa shape index (κ2) is 9.51. The Labute approximate surface area is 199 Å². The van der Waals surface area contributed by atoms with Crippen molar-refractivity contribution in [1.29, 1.82) is 0 Å². The lowest BCUT2D eigenvalue weighted by atomic mass is 9.94. The number of aromatic nitrogens is 2. The van der Waals surface area contributed by atoms with Crippen LogP contribution in [0, 0.1) is 12.8 Å². The second-order valence-corrected chi connectivity index (χ2v) is 10.1. The highest BCUT2D eigenvalue weighted by Gasteiger charge is 2.33. The molecule has 2 fully saturated rings. The molecule has 5 rings (SSSR count). The SMILES string of the molecule is Cc1cccc(N2CCN(C(=O)C3CCN(c4ccc(-c5cccs5)nn4)CC3)C[C@H]2C)c1. The number of piperazine rings is 1. The summed E-state index contributed by atoms with van der Waals surface area (Å²) in [5.74, 6) is 1.34. The first kappa shape index (κ1) is 21.9. The van der Waals surface area contributed by atoms with Crippen LogP contribution in [0.25, 0.3) is 10.6 Å². The van der Waals surface area contributed by atoms with Crippen molar-refractivity contribution >= 4 is 28.7 Å². The number of hydrogen-bond acceptors (Lipinski definition) is 6. The monoisotopic (exact) mass is 461 g/mol. The third kappa shape index (κ3) is 4.74. The summed E-state index contributed by atoms with van der Waals surface area (Å²) in [5, 5.41) is 10.9. The van der Waals surface area contributed by atoms with E-state index in [0.717, 1.165) is 62.0 Å². The van der Waals surface area contributed by atoms with Crippen LogP contribution < -0.4 is 9.80 Å². The molecule has 0 aliphatic carbocycles. The van der Waals surface area contributed by atoms with Crippen molar-refractivity contribution in [2.75, 3.05) is 42.5 Å². The zero-order valence-electron chi connectivity index (χ0n) is 19.4. The maximum atomic E-state index is 13.3. The number of carbonyl (C=O) groups excluding carboxylic acids is 1. The number of nitrogens with zero attached hydrogens (tertiary/aromatic N) is 5. The van der Waals surface area contributed by atoms with Gasteiger partial charge in [0.25, 0.3) is 0 Å². The second-order valence-electron chi connectivity index (χ2n) is 9.18. The lowest BCUT2D eigenvalue weighted by Gasteiger charge is -2.43. The standard InChI is InChI=1S/C26H31N5OS/c1-19-5-3-6-22(17-19)31-15-14-30(18-20(31)2)26(32)21-10-12-29(13-11-21)25-9-8-23(27-28-25)24-7-4-16-33-24/h3-9,16-17,20-21H,10-15,18H2,1-2H3/t20-/m1/s1. The number of aryl methyl sites for hydroxylation is 1. The Morgan fingerprint density at radius 1 is 1.00 bits per heavy atom. The summed E-state index contributed by atoms with van der Waals surface area (Å²) in [6, 6.07) is 17.2. The van der Waals surface area contributed by atoms with Gasteiger partial charge in [-0.2, -0.15) is 0 Å². The average Bonchev–Trinajstić information content (AvgIpc) is 3.39. The normalized spacial score (nSPS) is 19.7. The number of anilines is 2. The highest BCUT2D eigenvalue weighted by atomic mass is 32.1. The van der Waals surface area contributed by atoms with Gasteiger partial charge in [-0.3, -0.25) is 4.79 Å². The first-order chi connectivity index (χ1) is 16.1. The highest BCUT2D eigenvalue weighted by molar-refractivity contribution is 7.13. The average molecular weight is 462 g/mol. The summed E-state index contributed by atoms with van der Waals surface area (Å²) >= 11 is 1.67. The van der Waals surface area contributed by atoms with E-state index in [2.05, 4.69) is 80.5 Å². The molecule has 1 atom stereocenters. The molecule has 1 aromatic carbocycles. The van der Waals surface area contributed by atoms with Gasteiger partial charge >= 0.3 is 0 Å². The van der Waals surface area contributed by atoms with E-state index in [9.17, 15) is 4.79 Å². The van der Waals surface area contributed by atoms with Crippen LogP contribution in [0.15, 0.2) is 53.9 Å². The van der Waals surface area contributed by atoms with Gasteiger partial charge in [0.1, 0.15) is 5.69 Å². The fraction of sp³-hybridized carbons (Fsp3) is 0.423. The van der Waals surface area contributed by atoms with Crippen LogP contribution in [0.4, 0.5) is 11.5 Å². The minimum atomic E-state index is 0.109. The molecule has 2 aliphatic rings. The van der Waals surface area contributed by atoms with Crippen molar-refractivity contribution in [3.8, 4) is 10.6 Å². The maximum absolute atomic E-state index is 13.3. The van der Waals surface area contributed by atoms with Crippen molar-refractivity contribution in [3.05, 3.63) is 59.5 Å². The number of benzene rings is 1. The summed E-state index contributed by atoms with van der Waals surface area (Å²) in [4.78, 5) is 21.2. The van der Waals surface area contributed by atoms with E-state index in [1.807, 2.05) is 12.1 Å². The molecule has 2 aliphatic heterocycles. The molecular weight excluding hydrogens is 430 g/mol. The van der Waals surface area contributed by atoms with Crippen molar-refractivity contribution in [2.24, 2.45) is 5.92 Å². The number of piperidine rings is 1. The number of hydrogen-bond donors (Lipinski definition) is 0. The largest absolute Gasteiger partial charge is 0.365 e. The first-order valence-corrected chi connectivity index (χ1v) is 12.7. The minimum absolute atomic E-state index is 0.109. The van der Waals surface area contributed by atoms with Gasteiger partial charge in [-0.1, -0.05) is 18.2 Å². The third-order valence-corrected chi connectivity index (χ3v) is 7.76. The molecule has 0 unspecified atom stereocenters. The molecule has 7 heteroatoms. The third-order valence-electron chi connectivity index (χ3n) is 6.86. The molecule has 0 radical (unpaired) electrons. The lowest BCUT2D eigenvalue weighted by molar-refractivity contribution is -0.137. The van der Waals surface area contributed by atoms with Crippen LogP contribution in [0.3, 0.4) is 0 Å².